The first-order valence-electron chi connectivity index (χ1n) is 7.77. The number of piperidine rings is 1. The minimum atomic E-state index is 0.184. The largest absolute Gasteiger partial charge is 0.342 e. The molecule has 0 aromatic carbocycles. The quantitative estimate of drug-likeness (QED) is 0.878. The zero-order chi connectivity index (χ0) is 13.9. The molecule has 0 radical (unpaired) electrons. The van der Waals surface area contributed by atoms with Crippen LogP contribution < -0.4 is 5.73 Å². The number of amides is 1. The molecule has 1 aromatic heterocycles. The Balaban J connectivity index is 1.56. The van der Waals surface area contributed by atoms with E-state index in [4.69, 9.17) is 5.73 Å². The predicted molar refractivity (Wildman–Crippen MR) is 77.0 cm³/mol. The lowest BCUT2D eigenvalue weighted by molar-refractivity contribution is -0.137. The van der Waals surface area contributed by atoms with E-state index in [-0.39, 0.29) is 5.92 Å². The van der Waals surface area contributed by atoms with Crippen molar-refractivity contribution in [1.82, 2.24) is 15.1 Å². The molecule has 0 bridgehead atoms. The topological polar surface area (TPSA) is 75.0 Å². The number of aromatic nitrogens is 2. The van der Waals surface area contributed by atoms with E-state index in [1.807, 2.05) is 6.07 Å². The summed E-state index contributed by atoms with van der Waals surface area (Å²) >= 11 is 0. The van der Waals surface area contributed by atoms with Crippen LogP contribution in [0, 0.1) is 11.8 Å². The smallest absolute Gasteiger partial charge is 0.226 e. The van der Waals surface area contributed by atoms with Crippen molar-refractivity contribution < 1.29 is 4.79 Å². The van der Waals surface area contributed by atoms with E-state index in [0.717, 1.165) is 45.2 Å². The fraction of sp³-hybridized carbons (Fsp3) is 0.733. The number of aromatic amines is 1. The summed E-state index contributed by atoms with van der Waals surface area (Å²) < 4.78 is 0. The summed E-state index contributed by atoms with van der Waals surface area (Å²) in [5.41, 5.74) is 7.00. The summed E-state index contributed by atoms with van der Waals surface area (Å²) in [7, 11) is 0. The fourth-order valence-corrected chi connectivity index (χ4v) is 3.78. The van der Waals surface area contributed by atoms with Gasteiger partial charge in [-0.25, -0.2) is 0 Å². The SMILES string of the molecule is NC[C@H]1CCC[C@H]1C(=O)N1CCC(c2ccn[nH]2)CC1. The van der Waals surface area contributed by atoms with E-state index in [1.165, 1.54) is 5.69 Å². The highest BCUT2D eigenvalue weighted by atomic mass is 16.2. The van der Waals surface area contributed by atoms with Crippen LogP contribution in [0.2, 0.25) is 0 Å². The Morgan fingerprint density at radius 1 is 1.35 bits per heavy atom. The van der Waals surface area contributed by atoms with Crippen molar-refractivity contribution >= 4 is 5.91 Å². The maximum atomic E-state index is 12.6. The van der Waals surface area contributed by atoms with Gasteiger partial charge in [-0.05, 0) is 44.2 Å². The fourth-order valence-electron chi connectivity index (χ4n) is 3.78. The van der Waals surface area contributed by atoms with Crippen molar-refractivity contribution in [2.45, 2.75) is 38.0 Å². The Hall–Kier alpha value is -1.36. The average molecular weight is 276 g/mol. The lowest BCUT2D eigenvalue weighted by Gasteiger charge is -2.34. The number of rotatable bonds is 3. The van der Waals surface area contributed by atoms with Crippen molar-refractivity contribution in [3.8, 4) is 0 Å². The Kier molecular flexibility index (Phi) is 4.05. The Morgan fingerprint density at radius 3 is 2.80 bits per heavy atom. The van der Waals surface area contributed by atoms with Gasteiger partial charge in [-0.3, -0.25) is 9.89 Å². The summed E-state index contributed by atoms with van der Waals surface area (Å²) in [5.74, 6) is 1.47. The van der Waals surface area contributed by atoms with Crippen LogP contribution >= 0.6 is 0 Å². The molecule has 110 valence electrons. The standard InChI is InChI=1S/C15H24N4O/c16-10-12-2-1-3-13(12)15(20)19-8-5-11(6-9-19)14-4-7-17-18-14/h4,7,11-13H,1-3,5-6,8-10,16H2,(H,17,18)/t12-,13-/m1/s1. The molecule has 1 aromatic rings. The number of hydrogen-bond acceptors (Lipinski definition) is 3. The number of H-pyrrole nitrogens is 1. The van der Waals surface area contributed by atoms with E-state index in [1.54, 1.807) is 6.20 Å². The monoisotopic (exact) mass is 276 g/mol. The minimum Gasteiger partial charge on any atom is -0.342 e. The lowest BCUT2D eigenvalue weighted by atomic mass is 9.90. The molecular weight excluding hydrogens is 252 g/mol. The highest BCUT2D eigenvalue weighted by molar-refractivity contribution is 5.79. The van der Waals surface area contributed by atoms with Crippen molar-refractivity contribution in [3.05, 3.63) is 18.0 Å². The van der Waals surface area contributed by atoms with Crippen molar-refractivity contribution in [1.29, 1.82) is 0 Å². The van der Waals surface area contributed by atoms with Gasteiger partial charge in [-0.15, -0.1) is 0 Å². The summed E-state index contributed by atoms with van der Waals surface area (Å²) in [4.78, 5) is 14.7. The highest BCUT2D eigenvalue weighted by Crippen LogP contribution is 2.34. The summed E-state index contributed by atoms with van der Waals surface area (Å²) in [6, 6.07) is 2.05. The van der Waals surface area contributed by atoms with Gasteiger partial charge < -0.3 is 10.6 Å². The van der Waals surface area contributed by atoms with Crippen LogP contribution in [0.4, 0.5) is 0 Å². The van der Waals surface area contributed by atoms with Crippen LogP contribution in [0.1, 0.15) is 43.7 Å². The maximum absolute atomic E-state index is 12.6. The molecule has 0 unspecified atom stereocenters. The molecule has 0 spiro atoms. The molecule has 2 atom stereocenters. The molecule has 20 heavy (non-hydrogen) atoms. The molecule has 1 amide bonds. The lowest BCUT2D eigenvalue weighted by Crippen LogP contribution is -2.43. The zero-order valence-corrected chi connectivity index (χ0v) is 11.9. The first-order valence-corrected chi connectivity index (χ1v) is 7.77. The molecule has 5 heteroatoms. The molecule has 3 N–H and O–H groups in total. The molecule has 5 nitrogen and oxygen atoms in total. The molecule has 2 aliphatic rings. The Labute approximate surface area is 119 Å². The van der Waals surface area contributed by atoms with Crippen LogP contribution in [0.5, 0.6) is 0 Å². The van der Waals surface area contributed by atoms with E-state index in [2.05, 4.69) is 15.1 Å². The van der Waals surface area contributed by atoms with Crippen LogP contribution in [-0.4, -0.2) is 40.6 Å². The van der Waals surface area contributed by atoms with E-state index in [9.17, 15) is 4.79 Å². The summed E-state index contributed by atoms with van der Waals surface area (Å²) in [6.07, 6.45) is 7.18. The van der Waals surface area contributed by atoms with E-state index in [0.29, 0.717) is 24.3 Å². The molecule has 2 fully saturated rings. The van der Waals surface area contributed by atoms with Crippen molar-refractivity contribution in [3.63, 3.8) is 0 Å². The Bertz CT molecular complexity index is 437. The van der Waals surface area contributed by atoms with Gasteiger partial charge >= 0.3 is 0 Å². The third-order valence-corrected chi connectivity index (χ3v) is 5.05. The predicted octanol–water partition coefficient (Wildman–Crippen LogP) is 1.49. The van der Waals surface area contributed by atoms with Crippen LogP contribution in [-0.2, 0) is 4.79 Å². The van der Waals surface area contributed by atoms with Gasteiger partial charge in [0.15, 0.2) is 0 Å². The van der Waals surface area contributed by atoms with Crippen molar-refractivity contribution in [2.75, 3.05) is 19.6 Å². The van der Waals surface area contributed by atoms with Gasteiger partial charge in [0.1, 0.15) is 0 Å². The van der Waals surface area contributed by atoms with Gasteiger partial charge in [-0.2, -0.15) is 5.10 Å². The van der Waals surface area contributed by atoms with E-state index < -0.39 is 0 Å². The van der Waals surface area contributed by atoms with Gasteiger partial charge in [0.2, 0.25) is 5.91 Å². The summed E-state index contributed by atoms with van der Waals surface area (Å²) in [6.45, 7) is 2.40. The van der Waals surface area contributed by atoms with Gasteiger partial charge in [0.25, 0.3) is 0 Å². The second-order valence-electron chi connectivity index (χ2n) is 6.14. The summed E-state index contributed by atoms with van der Waals surface area (Å²) in [5, 5.41) is 7.07. The third kappa shape index (κ3) is 2.59. The molecule has 1 aliphatic carbocycles. The van der Waals surface area contributed by atoms with Crippen LogP contribution in [0.25, 0.3) is 0 Å². The highest BCUT2D eigenvalue weighted by Gasteiger charge is 2.36. The number of nitrogens with two attached hydrogens (primary N) is 1. The zero-order valence-electron chi connectivity index (χ0n) is 11.9. The molecule has 1 saturated carbocycles. The number of hydrogen-bond donors (Lipinski definition) is 2. The second kappa shape index (κ2) is 5.95. The van der Waals surface area contributed by atoms with Crippen LogP contribution in [0.3, 0.4) is 0 Å². The van der Waals surface area contributed by atoms with Crippen molar-refractivity contribution in [2.24, 2.45) is 17.6 Å². The molecule has 2 heterocycles. The Morgan fingerprint density at radius 2 is 2.15 bits per heavy atom. The van der Waals surface area contributed by atoms with Gasteiger partial charge in [0, 0.05) is 36.8 Å². The molecule has 3 rings (SSSR count). The first kappa shape index (κ1) is 13.6. The van der Waals surface area contributed by atoms with Crippen LogP contribution in [0.15, 0.2) is 12.3 Å². The maximum Gasteiger partial charge on any atom is 0.226 e. The third-order valence-electron chi connectivity index (χ3n) is 5.05. The minimum absolute atomic E-state index is 0.184. The number of nitrogens with one attached hydrogen (secondary N) is 1. The molecule has 1 saturated heterocycles. The number of carbonyl (C=O) groups is 1. The normalized spacial score (nSPS) is 27.9. The first-order chi connectivity index (χ1) is 9.79. The number of nitrogens with zero attached hydrogens (tertiary/aromatic N) is 2. The van der Waals surface area contributed by atoms with Gasteiger partial charge in [-0.1, -0.05) is 6.42 Å². The number of likely N-dealkylation sites (tertiary alicyclic amines) is 1. The second-order valence-corrected chi connectivity index (χ2v) is 6.14. The van der Waals surface area contributed by atoms with E-state index >= 15 is 0 Å². The molecular formula is C15H24N4O. The van der Waals surface area contributed by atoms with Gasteiger partial charge in [0.05, 0.1) is 0 Å². The average Bonchev–Trinajstić information content (AvgIpc) is 3.17. The number of carbonyl (C=O) groups excluding carboxylic acids is 1. The molecule has 1 aliphatic heterocycles.